The van der Waals surface area contributed by atoms with Crippen LogP contribution in [0.4, 0.5) is 5.00 Å². The Morgan fingerprint density at radius 2 is 2.00 bits per heavy atom. The van der Waals surface area contributed by atoms with Crippen molar-refractivity contribution in [1.82, 2.24) is 0 Å². The van der Waals surface area contributed by atoms with E-state index in [-0.39, 0.29) is 17.4 Å². The number of nitrogens with two attached hydrogens (primary N) is 1. The maximum atomic E-state index is 12.6. The Morgan fingerprint density at radius 1 is 1.26 bits per heavy atom. The number of amides is 2. The minimum Gasteiger partial charge on any atom is -0.465 e. The van der Waals surface area contributed by atoms with Crippen molar-refractivity contribution in [2.24, 2.45) is 23.5 Å². The lowest BCUT2D eigenvalue weighted by molar-refractivity contribution is -0.121. The summed E-state index contributed by atoms with van der Waals surface area (Å²) in [6, 6.07) is 0. The molecule has 2 fully saturated rings. The second kappa shape index (κ2) is 5.96. The van der Waals surface area contributed by atoms with Crippen molar-refractivity contribution in [1.29, 1.82) is 0 Å². The first-order chi connectivity index (χ1) is 10.9. The molecular weight excluding hydrogens is 316 g/mol. The molecule has 23 heavy (non-hydrogen) atoms. The highest BCUT2D eigenvalue weighted by atomic mass is 32.1. The third kappa shape index (κ3) is 2.73. The topological polar surface area (TPSA) is 98.5 Å². The Bertz CT molecular complexity index is 682. The molecule has 0 saturated heterocycles. The van der Waals surface area contributed by atoms with E-state index < -0.39 is 11.9 Å². The van der Waals surface area contributed by atoms with Crippen molar-refractivity contribution in [3.8, 4) is 0 Å². The van der Waals surface area contributed by atoms with E-state index >= 15 is 0 Å². The summed E-state index contributed by atoms with van der Waals surface area (Å²) < 4.78 is 4.72. The van der Waals surface area contributed by atoms with Gasteiger partial charge in [0.05, 0.1) is 12.7 Å². The fraction of sp³-hybridized carbons (Fsp3) is 0.562. The lowest BCUT2D eigenvalue weighted by atomic mass is 9.88. The molecule has 0 spiro atoms. The Hall–Kier alpha value is -1.89. The van der Waals surface area contributed by atoms with Crippen LogP contribution in [0, 0.1) is 24.7 Å². The zero-order valence-electron chi connectivity index (χ0n) is 13.2. The van der Waals surface area contributed by atoms with Gasteiger partial charge in [0.15, 0.2) is 0 Å². The van der Waals surface area contributed by atoms with Crippen molar-refractivity contribution in [2.75, 3.05) is 12.4 Å². The van der Waals surface area contributed by atoms with Gasteiger partial charge in [-0.2, -0.15) is 0 Å². The van der Waals surface area contributed by atoms with Gasteiger partial charge in [0.2, 0.25) is 5.91 Å². The van der Waals surface area contributed by atoms with Crippen molar-refractivity contribution < 1.29 is 19.1 Å². The predicted octanol–water partition coefficient (Wildman–Crippen LogP) is 2.32. The zero-order chi connectivity index (χ0) is 16.7. The fourth-order valence-corrected chi connectivity index (χ4v) is 5.09. The van der Waals surface area contributed by atoms with Crippen molar-refractivity contribution in [2.45, 2.75) is 32.6 Å². The monoisotopic (exact) mass is 336 g/mol. The molecule has 7 heteroatoms. The lowest BCUT2D eigenvalue weighted by Crippen LogP contribution is -2.27. The molecular formula is C16H20N2O4S. The van der Waals surface area contributed by atoms with E-state index in [4.69, 9.17) is 10.5 Å². The van der Waals surface area contributed by atoms with E-state index in [1.54, 1.807) is 6.92 Å². The van der Waals surface area contributed by atoms with Crippen LogP contribution in [0.15, 0.2) is 0 Å². The number of ether oxygens (including phenoxy) is 1. The van der Waals surface area contributed by atoms with Crippen LogP contribution in [0.1, 0.15) is 51.3 Å². The smallest absolute Gasteiger partial charge is 0.348 e. The van der Waals surface area contributed by atoms with Crippen LogP contribution in [-0.2, 0) is 9.53 Å². The summed E-state index contributed by atoms with van der Waals surface area (Å²) in [5.74, 6) is -0.163. The summed E-state index contributed by atoms with van der Waals surface area (Å²) in [6.45, 7) is 1.63. The van der Waals surface area contributed by atoms with Crippen LogP contribution in [0.5, 0.6) is 0 Å². The fourth-order valence-electron chi connectivity index (χ4n) is 3.96. The number of carbonyl (C=O) groups excluding carboxylic acids is 3. The number of hydrogen-bond donors (Lipinski definition) is 2. The average molecular weight is 336 g/mol. The van der Waals surface area contributed by atoms with Gasteiger partial charge in [0, 0.05) is 5.92 Å². The maximum absolute atomic E-state index is 12.6. The number of methoxy groups -OCH3 is 1. The molecule has 0 radical (unpaired) electrons. The van der Waals surface area contributed by atoms with Gasteiger partial charge in [0.1, 0.15) is 9.88 Å². The molecule has 0 unspecified atom stereocenters. The maximum Gasteiger partial charge on any atom is 0.348 e. The standard InChI is InChI=1S/C16H20N2O4S/c1-7-11(13(17)19)15(23-12(7)16(21)22-2)18-14(20)10-6-8-3-4-9(10)5-8/h8-10H,3-6H2,1-2H3,(H2,17,19)(H,18,20)/t8-,9-,10+/m0/s1. The van der Waals surface area contributed by atoms with Gasteiger partial charge in [-0.1, -0.05) is 6.42 Å². The highest BCUT2D eigenvalue weighted by molar-refractivity contribution is 7.18. The number of anilines is 1. The Labute approximate surface area is 138 Å². The van der Waals surface area contributed by atoms with Crippen molar-refractivity contribution in [3.63, 3.8) is 0 Å². The molecule has 2 bridgehead atoms. The molecule has 2 saturated carbocycles. The summed E-state index contributed by atoms with van der Waals surface area (Å²) in [4.78, 5) is 36.4. The second-order valence-electron chi connectivity index (χ2n) is 6.39. The zero-order valence-corrected chi connectivity index (χ0v) is 14.0. The first kappa shape index (κ1) is 16.0. The minimum absolute atomic E-state index is 0.00143. The quantitative estimate of drug-likeness (QED) is 0.824. The number of nitrogens with one attached hydrogen (secondary N) is 1. The largest absolute Gasteiger partial charge is 0.465 e. The molecule has 3 atom stereocenters. The van der Waals surface area contributed by atoms with Crippen LogP contribution in [0.3, 0.4) is 0 Å². The third-order valence-corrected chi connectivity index (χ3v) is 6.26. The summed E-state index contributed by atoms with van der Waals surface area (Å²) in [5, 5.41) is 3.18. The SMILES string of the molecule is COC(=O)c1sc(NC(=O)[C@@H]2C[C@H]3CC[C@H]2C3)c(C(N)=O)c1C. The normalized spacial score (nSPS) is 25.4. The van der Waals surface area contributed by atoms with E-state index in [0.717, 1.165) is 30.6 Å². The number of carbonyl (C=O) groups is 3. The number of thiophene rings is 1. The Kier molecular flexibility index (Phi) is 4.14. The summed E-state index contributed by atoms with van der Waals surface area (Å²) >= 11 is 1.05. The van der Waals surface area contributed by atoms with Gasteiger partial charge in [-0.05, 0) is 43.6 Å². The molecule has 2 aliphatic rings. The number of primary amides is 1. The average Bonchev–Trinajstić information content (AvgIpc) is 3.20. The molecule has 1 aromatic heterocycles. The van der Waals surface area contributed by atoms with E-state index in [9.17, 15) is 14.4 Å². The van der Waals surface area contributed by atoms with Gasteiger partial charge in [-0.3, -0.25) is 9.59 Å². The Morgan fingerprint density at radius 3 is 2.52 bits per heavy atom. The first-order valence-electron chi connectivity index (χ1n) is 7.74. The van der Waals surface area contributed by atoms with Crippen LogP contribution < -0.4 is 11.1 Å². The lowest BCUT2D eigenvalue weighted by Gasteiger charge is -2.20. The number of esters is 1. The molecule has 6 nitrogen and oxygen atoms in total. The molecule has 124 valence electrons. The molecule has 0 aliphatic heterocycles. The van der Waals surface area contributed by atoms with Crippen LogP contribution >= 0.6 is 11.3 Å². The van der Waals surface area contributed by atoms with Gasteiger partial charge in [-0.15, -0.1) is 11.3 Å². The van der Waals surface area contributed by atoms with Crippen LogP contribution in [-0.4, -0.2) is 24.9 Å². The van der Waals surface area contributed by atoms with E-state index in [0.29, 0.717) is 27.3 Å². The van der Waals surface area contributed by atoms with Crippen molar-refractivity contribution >= 4 is 34.1 Å². The highest BCUT2D eigenvalue weighted by Gasteiger charge is 2.43. The van der Waals surface area contributed by atoms with Crippen LogP contribution in [0.25, 0.3) is 0 Å². The molecule has 1 aromatic rings. The summed E-state index contributed by atoms with van der Waals surface area (Å²) in [7, 11) is 1.28. The third-order valence-electron chi connectivity index (χ3n) is 5.08. The summed E-state index contributed by atoms with van der Waals surface area (Å²) in [6.07, 6.45) is 4.35. The molecule has 0 aromatic carbocycles. The van der Waals surface area contributed by atoms with E-state index in [1.165, 1.54) is 13.5 Å². The van der Waals surface area contributed by atoms with Crippen LogP contribution in [0.2, 0.25) is 0 Å². The minimum atomic E-state index is -0.655. The number of hydrogen-bond acceptors (Lipinski definition) is 5. The van der Waals surface area contributed by atoms with E-state index in [1.807, 2.05) is 0 Å². The van der Waals surface area contributed by atoms with Gasteiger partial charge in [-0.25, -0.2) is 4.79 Å². The predicted molar refractivity (Wildman–Crippen MR) is 86.5 cm³/mol. The Balaban J connectivity index is 1.85. The second-order valence-corrected chi connectivity index (χ2v) is 7.41. The van der Waals surface area contributed by atoms with E-state index in [2.05, 4.69) is 5.32 Å². The molecule has 2 aliphatic carbocycles. The van der Waals surface area contributed by atoms with Gasteiger partial charge in [0.25, 0.3) is 5.91 Å². The van der Waals surface area contributed by atoms with Crippen molar-refractivity contribution in [3.05, 3.63) is 16.0 Å². The van der Waals surface area contributed by atoms with Gasteiger partial charge >= 0.3 is 5.97 Å². The first-order valence-corrected chi connectivity index (χ1v) is 8.56. The number of fused-ring (bicyclic) bond motifs is 2. The molecule has 1 heterocycles. The highest BCUT2D eigenvalue weighted by Crippen LogP contribution is 2.48. The molecule has 3 rings (SSSR count). The summed E-state index contributed by atoms with van der Waals surface area (Å²) in [5.41, 5.74) is 6.08. The van der Waals surface area contributed by atoms with Gasteiger partial charge < -0.3 is 15.8 Å². The molecule has 2 amide bonds. The number of rotatable bonds is 4. The molecule has 3 N–H and O–H groups in total.